The molecule has 1 atom stereocenters. The monoisotopic (exact) mass is 205 g/mol. The van der Waals surface area contributed by atoms with Crippen LogP contribution < -0.4 is 5.32 Å². The van der Waals surface area contributed by atoms with E-state index in [-0.39, 0.29) is 0 Å². The van der Waals surface area contributed by atoms with E-state index in [1.807, 2.05) is 12.1 Å². The summed E-state index contributed by atoms with van der Waals surface area (Å²) in [6.07, 6.45) is 3.45. The first kappa shape index (κ1) is 9.24. The van der Waals surface area contributed by atoms with E-state index in [1.165, 1.54) is 0 Å². The van der Waals surface area contributed by atoms with Gasteiger partial charge in [-0.25, -0.2) is 0 Å². The molecule has 1 saturated heterocycles. The van der Waals surface area contributed by atoms with Crippen molar-refractivity contribution in [2.24, 2.45) is 11.3 Å². The van der Waals surface area contributed by atoms with Gasteiger partial charge in [-0.1, -0.05) is 0 Å². The third-order valence-corrected chi connectivity index (χ3v) is 3.73. The van der Waals surface area contributed by atoms with Crippen LogP contribution in [0.3, 0.4) is 0 Å². The van der Waals surface area contributed by atoms with Crippen LogP contribution in [0.15, 0.2) is 18.3 Å². The predicted octanol–water partition coefficient (Wildman–Crippen LogP) is 0.510. The van der Waals surface area contributed by atoms with E-state index >= 15 is 0 Å². The van der Waals surface area contributed by atoms with Gasteiger partial charge in [0.15, 0.2) is 0 Å². The minimum atomic E-state index is -0.426. The van der Waals surface area contributed by atoms with Crippen molar-refractivity contribution in [3.63, 3.8) is 0 Å². The zero-order valence-corrected chi connectivity index (χ0v) is 8.56. The zero-order chi connectivity index (χ0) is 10.3. The van der Waals surface area contributed by atoms with Crippen LogP contribution in [0.4, 0.5) is 0 Å². The third kappa shape index (κ3) is 1.44. The molecule has 1 aromatic rings. The summed E-state index contributed by atoms with van der Waals surface area (Å²) < 4.78 is 0. The van der Waals surface area contributed by atoms with E-state index in [1.54, 1.807) is 6.20 Å². The van der Waals surface area contributed by atoms with Gasteiger partial charge in [0, 0.05) is 19.3 Å². The Morgan fingerprint density at radius 1 is 1.47 bits per heavy atom. The first-order chi connectivity index (χ1) is 7.29. The normalized spacial score (nSPS) is 25.7. The Morgan fingerprint density at radius 2 is 2.27 bits per heavy atom. The molecule has 4 nitrogen and oxygen atoms in total. The standard InChI is InChI=1S/C11H15N3O/c15-10(9-2-1-3-13-14-9)8-4-11(5-8)6-12-7-11/h1-3,8,10,12,15H,4-7H2. The highest BCUT2D eigenvalue weighted by molar-refractivity contribution is 5.11. The molecule has 4 heteroatoms. The van der Waals surface area contributed by atoms with Gasteiger partial charge in [-0.05, 0) is 36.3 Å². The topological polar surface area (TPSA) is 58.0 Å². The van der Waals surface area contributed by atoms with Gasteiger partial charge >= 0.3 is 0 Å². The van der Waals surface area contributed by atoms with Crippen molar-refractivity contribution in [1.82, 2.24) is 15.5 Å². The molecule has 2 aliphatic rings. The van der Waals surface area contributed by atoms with Gasteiger partial charge in [0.2, 0.25) is 0 Å². The number of hydrogen-bond acceptors (Lipinski definition) is 4. The average molecular weight is 205 g/mol. The van der Waals surface area contributed by atoms with Gasteiger partial charge in [0.05, 0.1) is 5.69 Å². The minimum Gasteiger partial charge on any atom is -0.386 e. The lowest BCUT2D eigenvalue weighted by Gasteiger charge is -2.55. The molecule has 2 fully saturated rings. The van der Waals surface area contributed by atoms with E-state index in [0.29, 0.717) is 17.0 Å². The molecule has 1 saturated carbocycles. The highest BCUT2D eigenvalue weighted by Gasteiger charge is 2.50. The van der Waals surface area contributed by atoms with Crippen molar-refractivity contribution < 1.29 is 5.11 Å². The lowest BCUT2D eigenvalue weighted by atomic mass is 9.57. The summed E-state index contributed by atoms with van der Waals surface area (Å²) in [6, 6.07) is 3.67. The van der Waals surface area contributed by atoms with Gasteiger partial charge in [0.25, 0.3) is 0 Å². The van der Waals surface area contributed by atoms with Gasteiger partial charge in [0.1, 0.15) is 6.10 Å². The summed E-state index contributed by atoms with van der Waals surface area (Å²) in [7, 11) is 0. The second-order valence-electron chi connectivity index (χ2n) is 4.87. The Labute approximate surface area is 88.7 Å². The number of nitrogens with one attached hydrogen (secondary N) is 1. The lowest BCUT2D eigenvalue weighted by Crippen LogP contribution is -2.61. The van der Waals surface area contributed by atoms with Crippen LogP contribution in [0.25, 0.3) is 0 Å². The molecule has 3 rings (SSSR count). The molecule has 1 unspecified atom stereocenters. The number of hydrogen-bond donors (Lipinski definition) is 2. The predicted molar refractivity (Wildman–Crippen MR) is 55.0 cm³/mol. The Balaban J connectivity index is 1.65. The number of nitrogens with zero attached hydrogens (tertiary/aromatic N) is 2. The van der Waals surface area contributed by atoms with Crippen molar-refractivity contribution in [2.75, 3.05) is 13.1 Å². The molecule has 1 spiro atoms. The average Bonchev–Trinajstić information content (AvgIpc) is 2.14. The van der Waals surface area contributed by atoms with Crippen molar-refractivity contribution in [3.05, 3.63) is 24.0 Å². The van der Waals surface area contributed by atoms with Crippen LogP contribution in [0.2, 0.25) is 0 Å². The number of aliphatic hydroxyl groups is 1. The Kier molecular flexibility index (Phi) is 2.00. The summed E-state index contributed by atoms with van der Waals surface area (Å²) in [4.78, 5) is 0. The van der Waals surface area contributed by atoms with Crippen LogP contribution >= 0.6 is 0 Å². The van der Waals surface area contributed by atoms with Gasteiger partial charge < -0.3 is 10.4 Å². The maximum absolute atomic E-state index is 10.1. The Morgan fingerprint density at radius 3 is 2.80 bits per heavy atom. The van der Waals surface area contributed by atoms with Crippen LogP contribution in [-0.2, 0) is 0 Å². The quantitative estimate of drug-likeness (QED) is 0.738. The Hall–Kier alpha value is -1.00. The Bertz CT molecular complexity index is 342. The molecule has 1 aromatic heterocycles. The molecule has 2 heterocycles. The van der Waals surface area contributed by atoms with E-state index in [2.05, 4.69) is 15.5 Å². The maximum Gasteiger partial charge on any atom is 0.101 e. The van der Waals surface area contributed by atoms with Crippen LogP contribution in [0, 0.1) is 11.3 Å². The summed E-state index contributed by atoms with van der Waals surface area (Å²) in [5.74, 6) is 0.379. The third-order valence-electron chi connectivity index (χ3n) is 3.73. The molecular weight excluding hydrogens is 190 g/mol. The first-order valence-corrected chi connectivity index (χ1v) is 5.46. The fourth-order valence-electron chi connectivity index (χ4n) is 2.76. The lowest BCUT2D eigenvalue weighted by molar-refractivity contribution is -0.0657. The van der Waals surface area contributed by atoms with E-state index in [0.717, 1.165) is 25.9 Å². The first-order valence-electron chi connectivity index (χ1n) is 5.46. The molecule has 0 radical (unpaired) electrons. The molecule has 80 valence electrons. The minimum absolute atomic E-state index is 0.379. The van der Waals surface area contributed by atoms with Crippen LogP contribution in [0.5, 0.6) is 0 Å². The number of aromatic nitrogens is 2. The fraction of sp³-hybridized carbons (Fsp3) is 0.636. The fourth-order valence-corrected chi connectivity index (χ4v) is 2.76. The van der Waals surface area contributed by atoms with Crippen LogP contribution in [0.1, 0.15) is 24.6 Å². The molecular formula is C11H15N3O. The van der Waals surface area contributed by atoms with Crippen LogP contribution in [-0.4, -0.2) is 28.4 Å². The molecule has 2 N–H and O–H groups in total. The highest BCUT2D eigenvalue weighted by Crippen LogP contribution is 2.52. The molecule has 0 aromatic carbocycles. The van der Waals surface area contributed by atoms with Gasteiger partial charge in [-0.3, -0.25) is 0 Å². The van der Waals surface area contributed by atoms with E-state index in [4.69, 9.17) is 0 Å². The van der Waals surface area contributed by atoms with Gasteiger partial charge in [-0.15, -0.1) is 0 Å². The second kappa shape index (κ2) is 3.25. The van der Waals surface area contributed by atoms with Crippen molar-refractivity contribution in [1.29, 1.82) is 0 Å². The summed E-state index contributed by atoms with van der Waals surface area (Å²) in [6.45, 7) is 2.24. The van der Waals surface area contributed by atoms with E-state index in [9.17, 15) is 5.11 Å². The SMILES string of the molecule is OC(c1cccnn1)C1CC2(CNC2)C1. The molecule has 0 amide bonds. The molecule has 15 heavy (non-hydrogen) atoms. The summed E-state index contributed by atoms with van der Waals surface area (Å²) >= 11 is 0. The van der Waals surface area contributed by atoms with Crippen molar-refractivity contribution in [2.45, 2.75) is 18.9 Å². The second-order valence-corrected chi connectivity index (χ2v) is 4.87. The number of rotatable bonds is 2. The number of aliphatic hydroxyl groups excluding tert-OH is 1. The van der Waals surface area contributed by atoms with Crippen molar-refractivity contribution in [3.8, 4) is 0 Å². The molecule has 0 bridgehead atoms. The van der Waals surface area contributed by atoms with Crippen molar-refractivity contribution >= 4 is 0 Å². The van der Waals surface area contributed by atoms with E-state index < -0.39 is 6.10 Å². The molecule has 1 aliphatic carbocycles. The zero-order valence-electron chi connectivity index (χ0n) is 8.56. The molecule has 1 aliphatic heterocycles. The summed E-state index contributed by atoms with van der Waals surface area (Å²) in [5.41, 5.74) is 1.22. The highest BCUT2D eigenvalue weighted by atomic mass is 16.3. The largest absolute Gasteiger partial charge is 0.386 e. The summed E-state index contributed by atoms with van der Waals surface area (Å²) in [5, 5.41) is 21.1. The smallest absolute Gasteiger partial charge is 0.101 e. The maximum atomic E-state index is 10.1. The van der Waals surface area contributed by atoms with Gasteiger partial charge in [-0.2, -0.15) is 10.2 Å².